The van der Waals surface area contributed by atoms with Crippen LogP contribution < -0.4 is 0 Å². The van der Waals surface area contributed by atoms with E-state index in [-0.39, 0.29) is 0 Å². The van der Waals surface area contributed by atoms with Gasteiger partial charge in [0.2, 0.25) is 0 Å². The van der Waals surface area contributed by atoms with E-state index in [9.17, 15) is 0 Å². The van der Waals surface area contributed by atoms with Crippen molar-refractivity contribution in [2.45, 2.75) is 70.6 Å². The monoisotopic (exact) mass is 370 g/mol. The average Bonchev–Trinajstić information content (AvgIpc) is 2.87. The summed E-state index contributed by atoms with van der Waals surface area (Å²) in [6, 6.07) is 10.9. The van der Waals surface area contributed by atoms with Crippen LogP contribution in [0.3, 0.4) is 0 Å². The summed E-state index contributed by atoms with van der Waals surface area (Å²) >= 11 is 0. The van der Waals surface area contributed by atoms with Crippen LogP contribution in [0.25, 0.3) is 10.9 Å². The van der Waals surface area contributed by atoms with Gasteiger partial charge >= 0.3 is 0 Å². The van der Waals surface area contributed by atoms with Gasteiger partial charge in [0.1, 0.15) is 6.73 Å². The zero-order valence-corrected chi connectivity index (χ0v) is 17.9. The third kappa shape index (κ3) is 3.51. The fraction of sp³-hybridized carbons (Fsp3) is 0.636. The van der Waals surface area contributed by atoms with Gasteiger partial charge in [-0.2, -0.15) is 0 Å². The highest BCUT2D eigenvalue weighted by Gasteiger charge is 2.34. The minimum atomic E-state index is -1.04. The predicted octanol–water partition coefficient (Wildman–Crippen LogP) is 5.08. The summed E-state index contributed by atoms with van der Waals surface area (Å²) in [7, 11) is -1.04. The van der Waals surface area contributed by atoms with Crippen LogP contribution in [0.15, 0.2) is 24.3 Å². The third-order valence-corrected chi connectivity index (χ3v) is 8.00. The van der Waals surface area contributed by atoms with E-state index >= 15 is 0 Å². The van der Waals surface area contributed by atoms with Crippen molar-refractivity contribution in [3.8, 4) is 0 Å². The van der Waals surface area contributed by atoms with Crippen molar-refractivity contribution in [3.05, 3.63) is 35.5 Å². The molecule has 0 amide bonds. The van der Waals surface area contributed by atoms with E-state index in [0.717, 1.165) is 6.61 Å². The molecular formula is C22H34N2OSi. The van der Waals surface area contributed by atoms with Crippen molar-refractivity contribution < 1.29 is 4.74 Å². The van der Waals surface area contributed by atoms with Crippen molar-refractivity contribution in [1.82, 2.24) is 9.47 Å². The lowest BCUT2D eigenvalue weighted by atomic mass is 9.93. The van der Waals surface area contributed by atoms with Crippen molar-refractivity contribution in [2.75, 3.05) is 19.7 Å². The summed E-state index contributed by atoms with van der Waals surface area (Å²) in [5.41, 5.74) is 4.54. The normalized spacial score (nSPS) is 25.9. The second-order valence-electron chi connectivity index (χ2n) is 9.54. The molecule has 3 atom stereocenters. The number of rotatable bonds is 5. The molecule has 1 aromatic heterocycles. The number of fused-ring (bicyclic) bond motifs is 6. The summed E-state index contributed by atoms with van der Waals surface area (Å²) in [6.07, 6.45) is 3.82. The molecule has 2 aromatic rings. The Bertz CT molecular complexity index is 776. The predicted molar refractivity (Wildman–Crippen MR) is 113 cm³/mol. The zero-order valence-electron chi connectivity index (χ0n) is 16.9. The minimum Gasteiger partial charge on any atom is -0.361 e. The SMILES string of the molecule is CC1Cc2c(n(COCC[Si](C)(C)C)c3ccccc23)C2CCCN1C2. The summed E-state index contributed by atoms with van der Waals surface area (Å²) in [5, 5.41) is 1.46. The molecule has 26 heavy (non-hydrogen) atoms. The second kappa shape index (κ2) is 7.14. The number of nitrogens with zero attached hydrogens (tertiary/aromatic N) is 2. The molecule has 3 unspecified atom stereocenters. The molecule has 0 spiro atoms. The van der Waals surface area contributed by atoms with E-state index in [0.29, 0.717) is 18.7 Å². The minimum absolute atomic E-state index is 0.645. The van der Waals surface area contributed by atoms with E-state index in [4.69, 9.17) is 4.74 Å². The topological polar surface area (TPSA) is 17.4 Å². The van der Waals surface area contributed by atoms with E-state index in [1.54, 1.807) is 11.3 Å². The Balaban J connectivity index is 1.69. The van der Waals surface area contributed by atoms with Crippen molar-refractivity contribution in [2.24, 2.45) is 0 Å². The first-order chi connectivity index (χ1) is 12.4. The van der Waals surface area contributed by atoms with Crippen LogP contribution in [0.2, 0.25) is 25.7 Å². The number of aromatic nitrogens is 1. The van der Waals surface area contributed by atoms with Crippen LogP contribution in [-0.4, -0.2) is 43.3 Å². The van der Waals surface area contributed by atoms with Crippen LogP contribution in [0.5, 0.6) is 0 Å². The standard InChI is InChI=1S/C22H34N2OSi/c1-17-14-20-19-9-5-6-10-21(19)24(16-25-12-13-26(2,3)4)22(20)18-8-7-11-23(17)15-18/h5-6,9-10,17-18H,7-8,11-16H2,1-4H3. The lowest BCUT2D eigenvalue weighted by molar-refractivity contribution is 0.0859. The first-order valence-electron chi connectivity index (χ1n) is 10.4. The highest BCUT2D eigenvalue weighted by Crippen LogP contribution is 2.40. The molecule has 2 aliphatic heterocycles. The molecular weight excluding hydrogens is 336 g/mol. The maximum Gasteiger partial charge on any atom is 0.123 e. The molecule has 1 aromatic carbocycles. The van der Waals surface area contributed by atoms with Gasteiger partial charge in [-0.1, -0.05) is 37.8 Å². The number of ether oxygens (including phenoxy) is 1. The fourth-order valence-corrected chi connectivity index (χ4v) is 5.56. The number of hydrogen-bond donors (Lipinski definition) is 0. The molecule has 1 fully saturated rings. The third-order valence-electron chi connectivity index (χ3n) is 6.30. The van der Waals surface area contributed by atoms with E-state index in [1.807, 2.05) is 0 Å². The van der Waals surface area contributed by atoms with Gasteiger partial charge in [0.25, 0.3) is 0 Å². The Morgan fingerprint density at radius 1 is 1.19 bits per heavy atom. The Morgan fingerprint density at radius 3 is 2.81 bits per heavy atom. The van der Waals surface area contributed by atoms with Crippen molar-refractivity contribution >= 4 is 19.0 Å². The maximum absolute atomic E-state index is 6.22. The van der Waals surface area contributed by atoms with E-state index in [2.05, 4.69) is 60.3 Å². The Labute approximate surface area is 159 Å². The molecule has 4 heteroatoms. The Kier molecular flexibility index (Phi) is 5.02. The van der Waals surface area contributed by atoms with Gasteiger partial charge in [-0.25, -0.2) is 0 Å². The van der Waals surface area contributed by atoms with Gasteiger partial charge in [-0.3, -0.25) is 4.90 Å². The molecule has 0 saturated carbocycles. The Morgan fingerprint density at radius 2 is 2.00 bits per heavy atom. The zero-order chi connectivity index (χ0) is 18.3. The molecule has 2 bridgehead atoms. The first-order valence-corrected chi connectivity index (χ1v) is 14.1. The lowest BCUT2D eigenvalue weighted by Crippen LogP contribution is -2.39. The summed E-state index contributed by atoms with van der Waals surface area (Å²) in [5.74, 6) is 0.664. The summed E-state index contributed by atoms with van der Waals surface area (Å²) in [6.45, 7) is 13.8. The smallest absolute Gasteiger partial charge is 0.123 e. The van der Waals surface area contributed by atoms with Gasteiger partial charge in [-0.15, -0.1) is 0 Å². The lowest BCUT2D eigenvalue weighted by Gasteiger charge is -2.34. The highest BCUT2D eigenvalue weighted by atomic mass is 28.3. The number of benzene rings is 1. The van der Waals surface area contributed by atoms with Crippen molar-refractivity contribution in [1.29, 1.82) is 0 Å². The molecule has 3 heterocycles. The van der Waals surface area contributed by atoms with Gasteiger partial charge in [-0.05, 0) is 50.4 Å². The molecule has 1 saturated heterocycles. The van der Waals surface area contributed by atoms with Gasteiger partial charge in [0.15, 0.2) is 0 Å². The van der Waals surface area contributed by atoms with Crippen LogP contribution in [0, 0.1) is 0 Å². The largest absolute Gasteiger partial charge is 0.361 e. The molecule has 0 radical (unpaired) electrons. The first kappa shape index (κ1) is 18.3. The number of piperidine rings is 1. The van der Waals surface area contributed by atoms with Crippen LogP contribution in [0.1, 0.15) is 36.9 Å². The highest BCUT2D eigenvalue weighted by molar-refractivity contribution is 6.76. The fourth-order valence-electron chi connectivity index (χ4n) is 4.80. The van der Waals surface area contributed by atoms with Crippen LogP contribution >= 0.6 is 0 Å². The number of para-hydroxylation sites is 1. The van der Waals surface area contributed by atoms with Crippen LogP contribution in [0.4, 0.5) is 0 Å². The Hall–Kier alpha value is -1.10. The summed E-state index contributed by atoms with van der Waals surface area (Å²) < 4.78 is 8.73. The molecule has 4 rings (SSSR count). The van der Waals surface area contributed by atoms with Crippen molar-refractivity contribution in [3.63, 3.8) is 0 Å². The quantitative estimate of drug-likeness (QED) is 0.539. The molecule has 3 nitrogen and oxygen atoms in total. The molecule has 2 aliphatic rings. The summed E-state index contributed by atoms with van der Waals surface area (Å²) in [4.78, 5) is 2.71. The van der Waals surface area contributed by atoms with Gasteiger partial charge < -0.3 is 9.30 Å². The average molecular weight is 371 g/mol. The molecule has 142 valence electrons. The van der Waals surface area contributed by atoms with Gasteiger partial charge in [0, 0.05) is 44.3 Å². The second-order valence-corrected chi connectivity index (χ2v) is 15.2. The van der Waals surface area contributed by atoms with E-state index in [1.165, 1.54) is 49.3 Å². The van der Waals surface area contributed by atoms with Crippen LogP contribution in [-0.2, 0) is 17.9 Å². The van der Waals surface area contributed by atoms with E-state index < -0.39 is 8.07 Å². The number of hydrogen-bond acceptors (Lipinski definition) is 2. The van der Waals surface area contributed by atoms with Gasteiger partial charge in [0.05, 0.1) is 5.52 Å². The molecule has 0 aliphatic carbocycles. The molecule has 0 N–H and O–H groups in total. The maximum atomic E-state index is 6.22.